The van der Waals surface area contributed by atoms with Gasteiger partial charge in [0, 0.05) is 23.0 Å². The number of hydrogen-bond acceptors (Lipinski definition) is 2. The van der Waals surface area contributed by atoms with E-state index in [1.54, 1.807) is 19.1 Å². The number of amides is 1. The van der Waals surface area contributed by atoms with E-state index in [2.05, 4.69) is 5.32 Å². The highest BCUT2D eigenvalue weighted by atomic mass is 32.2. The molecule has 0 aliphatic carbocycles. The average molecular weight is 340 g/mol. The van der Waals surface area contributed by atoms with Crippen LogP contribution in [0.4, 0.5) is 10.1 Å². The van der Waals surface area contributed by atoms with Gasteiger partial charge in [0.2, 0.25) is 5.91 Å². The molecule has 2 aromatic carbocycles. The van der Waals surface area contributed by atoms with E-state index in [-0.39, 0.29) is 16.8 Å². The summed E-state index contributed by atoms with van der Waals surface area (Å²) in [7, 11) is 0. The third kappa shape index (κ3) is 3.86. The van der Waals surface area contributed by atoms with E-state index >= 15 is 0 Å². The molecular formula is C19H17FN2OS. The van der Waals surface area contributed by atoms with Crippen LogP contribution in [0.2, 0.25) is 0 Å². The minimum atomic E-state index is -0.448. The lowest BCUT2D eigenvalue weighted by atomic mass is 10.2. The van der Waals surface area contributed by atoms with Crippen molar-refractivity contribution in [2.45, 2.75) is 17.1 Å². The molecule has 0 spiro atoms. The molecule has 1 heterocycles. The molecule has 0 aliphatic rings. The van der Waals surface area contributed by atoms with Gasteiger partial charge in [-0.2, -0.15) is 0 Å². The molecule has 1 N–H and O–H groups in total. The minimum absolute atomic E-state index is 0.187. The number of carbonyl (C=O) groups excluding carboxylic acids is 1. The van der Waals surface area contributed by atoms with Crippen molar-refractivity contribution in [2.24, 2.45) is 0 Å². The largest absolute Gasteiger partial charge is 0.324 e. The van der Waals surface area contributed by atoms with E-state index in [1.165, 1.54) is 17.8 Å². The maximum Gasteiger partial charge on any atom is 0.237 e. The number of thioether (sulfide) groups is 1. The molecule has 0 unspecified atom stereocenters. The minimum Gasteiger partial charge on any atom is -0.324 e. The van der Waals surface area contributed by atoms with Crippen LogP contribution in [0.3, 0.4) is 0 Å². The fraction of sp³-hybridized carbons (Fsp3) is 0.105. The first kappa shape index (κ1) is 16.3. The van der Waals surface area contributed by atoms with Crippen molar-refractivity contribution in [3.8, 4) is 5.69 Å². The Morgan fingerprint density at radius 1 is 1.08 bits per heavy atom. The molecule has 122 valence electrons. The number of halogens is 1. The van der Waals surface area contributed by atoms with Crippen LogP contribution in [-0.4, -0.2) is 15.7 Å². The van der Waals surface area contributed by atoms with Gasteiger partial charge in [-0.05, 0) is 49.4 Å². The summed E-state index contributed by atoms with van der Waals surface area (Å²) in [5.74, 6) is -0.677. The predicted molar refractivity (Wildman–Crippen MR) is 96.1 cm³/mol. The Morgan fingerprint density at radius 2 is 1.79 bits per heavy atom. The molecule has 3 rings (SSSR count). The van der Waals surface area contributed by atoms with E-state index in [9.17, 15) is 9.18 Å². The SMILES string of the molecule is C[C@H](Sc1ccccc1)C(=O)Nc1cc(-n2cccc2)ccc1F. The van der Waals surface area contributed by atoms with Crippen molar-refractivity contribution in [2.75, 3.05) is 5.32 Å². The molecule has 5 heteroatoms. The first-order valence-corrected chi connectivity index (χ1v) is 8.47. The van der Waals surface area contributed by atoms with Crippen LogP contribution in [0.15, 0.2) is 78.0 Å². The summed E-state index contributed by atoms with van der Waals surface area (Å²) < 4.78 is 15.9. The lowest BCUT2D eigenvalue weighted by molar-refractivity contribution is -0.115. The Hall–Kier alpha value is -2.53. The average Bonchev–Trinajstić information content (AvgIpc) is 3.12. The van der Waals surface area contributed by atoms with Gasteiger partial charge >= 0.3 is 0 Å². The van der Waals surface area contributed by atoms with Gasteiger partial charge < -0.3 is 9.88 Å². The summed E-state index contributed by atoms with van der Waals surface area (Å²) in [6, 6.07) is 18.1. The molecule has 24 heavy (non-hydrogen) atoms. The van der Waals surface area contributed by atoms with Crippen LogP contribution in [0.25, 0.3) is 5.69 Å². The molecular weight excluding hydrogens is 323 g/mol. The maximum atomic E-state index is 14.0. The number of rotatable bonds is 5. The summed E-state index contributed by atoms with van der Waals surface area (Å²) in [5, 5.41) is 2.35. The molecule has 0 fully saturated rings. The van der Waals surface area contributed by atoms with Gasteiger partial charge in [0.1, 0.15) is 5.82 Å². The molecule has 3 nitrogen and oxygen atoms in total. The highest BCUT2D eigenvalue weighted by molar-refractivity contribution is 8.00. The van der Waals surface area contributed by atoms with E-state index in [0.717, 1.165) is 10.6 Å². The summed E-state index contributed by atoms with van der Waals surface area (Å²) >= 11 is 1.44. The molecule has 1 atom stereocenters. The van der Waals surface area contributed by atoms with Crippen LogP contribution < -0.4 is 5.32 Å². The molecule has 3 aromatic rings. The Kier molecular flexibility index (Phi) is 5.01. The Bertz CT molecular complexity index is 819. The fourth-order valence-corrected chi connectivity index (χ4v) is 3.16. The van der Waals surface area contributed by atoms with Crippen LogP contribution in [0.1, 0.15) is 6.92 Å². The van der Waals surface area contributed by atoms with Gasteiger partial charge in [0.15, 0.2) is 0 Å². The normalized spacial score (nSPS) is 11.9. The summed E-state index contributed by atoms with van der Waals surface area (Å²) in [6.45, 7) is 1.81. The van der Waals surface area contributed by atoms with Crippen molar-refractivity contribution in [1.82, 2.24) is 4.57 Å². The van der Waals surface area contributed by atoms with Crippen LogP contribution in [0, 0.1) is 5.82 Å². The molecule has 0 saturated heterocycles. The Labute approximate surface area is 144 Å². The second-order valence-corrected chi connectivity index (χ2v) is 6.73. The number of anilines is 1. The number of carbonyl (C=O) groups is 1. The predicted octanol–water partition coefficient (Wildman–Crippen LogP) is 4.74. The van der Waals surface area contributed by atoms with E-state index in [1.807, 2.05) is 59.4 Å². The number of aromatic nitrogens is 1. The maximum absolute atomic E-state index is 14.0. The fourth-order valence-electron chi connectivity index (χ4n) is 2.27. The van der Waals surface area contributed by atoms with Gasteiger partial charge in [0.05, 0.1) is 10.9 Å². The van der Waals surface area contributed by atoms with Crippen molar-refractivity contribution in [3.05, 3.63) is 78.9 Å². The highest BCUT2D eigenvalue weighted by Crippen LogP contribution is 2.25. The monoisotopic (exact) mass is 340 g/mol. The van der Waals surface area contributed by atoms with Gasteiger partial charge in [-0.1, -0.05) is 18.2 Å². The van der Waals surface area contributed by atoms with E-state index < -0.39 is 5.82 Å². The second kappa shape index (κ2) is 7.36. The lowest BCUT2D eigenvalue weighted by Crippen LogP contribution is -2.23. The zero-order valence-corrected chi connectivity index (χ0v) is 14.0. The Morgan fingerprint density at radius 3 is 2.50 bits per heavy atom. The number of hydrogen-bond donors (Lipinski definition) is 1. The zero-order chi connectivity index (χ0) is 16.9. The van der Waals surface area contributed by atoms with Gasteiger partial charge in [-0.15, -0.1) is 11.8 Å². The molecule has 0 bridgehead atoms. The van der Waals surface area contributed by atoms with Crippen molar-refractivity contribution in [3.63, 3.8) is 0 Å². The summed E-state index contributed by atoms with van der Waals surface area (Å²) in [6.07, 6.45) is 3.74. The lowest BCUT2D eigenvalue weighted by Gasteiger charge is -2.13. The van der Waals surface area contributed by atoms with Crippen LogP contribution >= 0.6 is 11.8 Å². The van der Waals surface area contributed by atoms with E-state index in [0.29, 0.717) is 0 Å². The number of benzene rings is 2. The second-order valence-electron chi connectivity index (χ2n) is 5.32. The molecule has 1 aromatic heterocycles. The summed E-state index contributed by atoms with van der Waals surface area (Å²) in [4.78, 5) is 13.4. The molecule has 0 radical (unpaired) electrons. The standard InChI is InChI=1S/C19H17FN2OS/c1-14(24-16-7-3-2-4-8-16)19(23)21-18-13-15(9-10-17(18)20)22-11-5-6-12-22/h2-14H,1H3,(H,21,23)/t14-/m0/s1. The van der Waals surface area contributed by atoms with Crippen LogP contribution in [0.5, 0.6) is 0 Å². The number of nitrogens with zero attached hydrogens (tertiary/aromatic N) is 1. The van der Waals surface area contributed by atoms with Crippen molar-refractivity contribution < 1.29 is 9.18 Å². The van der Waals surface area contributed by atoms with E-state index in [4.69, 9.17) is 0 Å². The first-order valence-electron chi connectivity index (χ1n) is 7.59. The molecule has 0 aliphatic heterocycles. The molecule has 1 amide bonds. The van der Waals surface area contributed by atoms with Gasteiger partial charge in [0.25, 0.3) is 0 Å². The Balaban J connectivity index is 1.73. The van der Waals surface area contributed by atoms with Gasteiger partial charge in [-0.25, -0.2) is 4.39 Å². The van der Waals surface area contributed by atoms with Gasteiger partial charge in [-0.3, -0.25) is 4.79 Å². The first-order chi connectivity index (χ1) is 11.6. The third-order valence-corrected chi connectivity index (χ3v) is 4.65. The zero-order valence-electron chi connectivity index (χ0n) is 13.1. The smallest absolute Gasteiger partial charge is 0.237 e. The quantitative estimate of drug-likeness (QED) is 0.681. The molecule has 0 saturated carbocycles. The van der Waals surface area contributed by atoms with Crippen LogP contribution in [-0.2, 0) is 4.79 Å². The highest BCUT2D eigenvalue weighted by Gasteiger charge is 2.16. The third-order valence-electron chi connectivity index (χ3n) is 3.54. The summed E-state index contributed by atoms with van der Waals surface area (Å²) in [5.41, 5.74) is 0.978. The number of nitrogens with one attached hydrogen (secondary N) is 1. The van der Waals surface area contributed by atoms with Crippen molar-refractivity contribution in [1.29, 1.82) is 0 Å². The topological polar surface area (TPSA) is 34.0 Å². The van der Waals surface area contributed by atoms with Crippen molar-refractivity contribution >= 4 is 23.4 Å².